The monoisotopic (exact) mass is 194 g/mol. The van der Waals surface area contributed by atoms with Gasteiger partial charge in [0.05, 0.1) is 0 Å². The molecule has 0 amide bonds. The molecule has 0 radical (unpaired) electrons. The lowest BCUT2D eigenvalue weighted by Crippen LogP contribution is -1.76. The van der Waals surface area contributed by atoms with Gasteiger partial charge in [-0.1, -0.05) is 50.0 Å². The third-order valence-corrected chi connectivity index (χ3v) is 2.15. The van der Waals surface area contributed by atoms with E-state index in [1.807, 2.05) is 13.0 Å². The molecule has 0 aromatic rings. The molecule has 0 rings (SSSR count). The van der Waals surface area contributed by atoms with Gasteiger partial charge in [0.15, 0.2) is 0 Å². The van der Waals surface area contributed by atoms with Gasteiger partial charge in [-0.25, -0.2) is 0 Å². The summed E-state index contributed by atoms with van der Waals surface area (Å²) in [4.78, 5) is 10.2. The van der Waals surface area contributed by atoms with E-state index < -0.39 is 0 Å². The summed E-state index contributed by atoms with van der Waals surface area (Å²) in [7, 11) is 0. The van der Waals surface area contributed by atoms with Crippen molar-refractivity contribution in [3.63, 3.8) is 0 Å². The van der Waals surface area contributed by atoms with Crippen molar-refractivity contribution in [2.45, 2.75) is 52.4 Å². The van der Waals surface area contributed by atoms with Crippen molar-refractivity contribution in [1.29, 1.82) is 0 Å². The SMILES string of the molecule is CCCCCCC=CC=C(C)CC=O. The summed E-state index contributed by atoms with van der Waals surface area (Å²) in [5.41, 5.74) is 1.13. The smallest absolute Gasteiger partial charge is 0.124 e. The molecule has 0 saturated carbocycles. The molecular weight excluding hydrogens is 172 g/mol. The zero-order chi connectivity index (χ0) is 10.6. The topological polar surface area (TPSA) is 17.1 Å². The van der Waals surface area contributed by atoms with Crippen LogP contribution in [0.2, 0.25) is 0 Å². The maximum absolute atomic E-state index is 10.2. The highest BCUT2D eigenvalue weighted by molar-refractivity contribution is 5.54. The van der Waals surface area contributed by atoms with Crippen molar-refractivity contribution in [1.82, 2.24) is 0 Å². The molecule has 0 heterocycles. The fraction of sp³-hybridized carbons (Fsp3) is 0.615. The summed E-state index contributed by atoms with van der Waals surface area (Å²) in [5.74, 6) is 0. The molecule has 0 unspecified atom stereocenters. The highest BCUT2D eigenvalue weighted by atomic mass is 16.1. The Morgan fingerprint density at radius 3 is 2.64 bits per heavy atom. The van der Waals surface area contributed by atoms with Crippen LogP contribution < -0.4 is 0 Å². The summed E-state index contributed by atoms with van der Waals surface area (Å²) in [6.45, 7) is 4.21. The number of hydrogen-bond acceptors (Lipinski definition) is 1. The van der Waals surface area contributed by atoms with E-state index in [4.69, 9.17) is 0 Å². The van der Waals surface area contributed by atoms with Crippen molar-refractivity contribution >= 4 is 6.29 Å². The molecule has 1 nitrogen and oxygen atoms in total. The second-order valence-corrected chi connectivity index (χ2v) is 3.66. The van der Waals surface area contributed by atoms with Crippen molar-refractivity contribution in [2.24, 2.45) is 0 Å². The summed E-state index contributed by atoms with van der Waals surface area (Å²) in [5, 5.41) is 0. The van der Waals surface area contributed by atoms with Crippen LogP contribution in [0.5, 0.6) is 0 Å². The van der Waals surface area contributed by atoms with Crippen molar-refractivity contribution in [2.75, 3.05) is 0 Å². The van der Waals surface area contributed by atoms with Crippen molar-refractivity contribution < 1.29 is 4.79 Å². The molecule has 0 bridgehead atoms. The van der Waals surface area contributed by atoms with E-state index in [0.29, 0.717) is 6.42 Å². The van der Waals surface area contributed by atoms with Gasteiger partial charge in [-0.05, 0) is 19.8 Å². The van der Waals surface area contributed by atoms with Crippen LogP contribution in [0.25, 0.3) is 0 Å². The molecule has 0 spiro atoms. The minimum atomic E-state index is 0.556. The lowest BCUT2D eigenvalue weighted by Gasteiger charge is -1.93. The molecule has 0 N–H and O–H groups in total. The Hall–Kier alpha value is -0.850. The molecule has 14 heavy (non-hydrogen) atoms. The van der Waals surface area contributed by atoms with Crippen LogP contribution in [0.3, 0.4) is 0 Å². The molecule has 0 atom stereocenters. The number of hydrogen-bond donors (Lipinski definition) is 0. The Morgan fingerprint density at radius 1 is 1.21 bits per heavy atom. The Bertz CT molecular complexity index is 189. The maximum atomic E-state index is 10.2. The normalized spacial score (nSPS) is 12.3. The van der Waals surface area contributed by atoms with Crippen molar-refractivity contribution in [3.05, 3.63) is 23.8 Å². The number of allylic oxidation sites excluding steroid dienone is 4. The minimum Gasteiger partial charge on any atom is -0.303 e. The van der Waals surface area contributed by atoms with E-state index in [9.17, 15) is 4.79 Å². The standard InChI is InChI=1S/C13H22O/c1-3-4-5-6-7-8-9-10-13(2)11-12-14/h8-10,12H,3-7,11H2,1-2H3. The van der Waals surface area contributed by atoms with E-state index in [1.165, 1.54) is 25.7 Å². The molecular formula is C13H22O. The molecule has 0 aromatic carbocycles. The first kappa shape index (κ1) is 13.2. The Morgan fingerprint density at radius 2 is 2.00 bits per heavy atom. The first-order chi connectivity index (χ1) is 6.81. The van der Waals surface area contributed by atoms with E-state index in [0.717, 1.165) is 18.3 Å². The third kappa shape index (κ3) is 9.24. The predicted octanol–water partition coefficient (Wildman–Crippen LogP) is 4.05. The van der Waals surface area contributed by atoms with Crippen LogP contribution in [-0.4, -0.2) is 6.29 Å². The molecule has 80 valence electrons. The van der Waals surface area contributed by atoms with Crippen LogP contribution >= 0.6 is 0 Å². The van der Waals surface area contributed by atoms with Gasteiger partial charge in [-0.3, -0.25) is 0 Å². The van der Waals surface area contributed by atoms with Gasteiger partial charge in [0.2, 0.25) is 0 Å². The lowest BCUT2D eigenvalue weighted by atomic mass is 10.1. The van der Waals surface area contributed by atoms with Gasteiger partial charge in [-0.2, -0.15) is 0 Å². The summed E-state index contributed by atoms with van der Waals surface area (Å²) < 4.78 is 0. The quantitative estimate of drug-likeness (QED) is 0.323. The Kier molecular flexibility index (Phi) is 9.61. The predicted molar refractivity (Wildman–Crippen MR) is 62.3 cm³/mol. The van der Waals surface area contributed by atoms with Gasteiger partial charge in [0.1, 0.15) is 6.29 Å². The summed E-state index contributed by atoms with van der Waals surface area (Å²) in [6.07, 6.45) is 14.2. The highest BCUT2D eigenvalue weighted by Crippen LogP contribution is 2.03. The van der Waals surface area contributed by atoms with E-state index in [1.54, 1.807) is 0 Å². The van der Waals surface area contributed by atoms with Crippen molar-refractivity contribution in [3.8, 4) is 0 Å². The molecule has 1 heteroatoms. The molecule has 0 aliphatic rings. The highest BCUT2D eigenvalue weighted by Gasteiger charge is 1.85. The van der Waals surface area contributed by atoms with Crippen LogP contribution in [0.1, 0.15) is 52.4 Å². The molecule has 0 fully saturated rings. The zero-order valence-corrected chi connectivity index (χ0v) is 9.46. The molecule has 0 saturated heterocycles. The van der Waals surface area contributed by atoms with E-state index >= 15 is 0 Å². The molecule has 0 aliphatic carbocycles. The Balaban J connectivity index is 3.43. The van der Waals surface area contributed by atoms with Gasteiger partial charge in [0.25, 0.3) is 0 Å². The maximum Gasteiger partial charge on any atom is 0.124 e. The first-order valence-electron chi connectivity index (χ1n) is 5.57. The number of carbonyl (C=O) groups excluding carboxylic acids is 1. The van der Waals surface area contributed by atoms with Gasteiger partial charge < -0.3 is 4.79 Å². The zero-order valence-electron chi connectivity index (χ0n) is 9.46. The molecule has 0 aromatic heterocycles. The third-order valence-electron chi connectivity index (χ3n) is 2.15. The van der Waals surface area contributed by atoms with Crippen LogP contribution in [0, 0.1) is 0 Å². The summed E-state index contributed by atoms with van der Waals surface area (Å²) in [6, 6.07) is 0. The Labute approximate surface area is 87.9 Å². The number of carbonyl (C=O) groups is 1. The van der Waals surface area contributed by atoms with Gasteiger partial charge in [0, 0.05) is 6.42 Å². The first-order valence-corrected chi connectivity index (χ1v) is 5.57. The van der Waals surface area contributed by atoms with Gasteiger partial charge >= 0.3 is 0 Å². The average molecular weight is 194 g/mol. The lowest BCUT2D eigenvalue weighted by molar-refractivity contribution is -0.107. The second-order valence-electron chi connectivity index (χ2n) is 3.66. The number of aldehydes is 1. The van der Waals surface area contributed by atoms with E-state index in [2.05, 4.69) is 19.1 Å². The molecule has 0 aliphatic heterocycles. The van der Waals surface area contributed by atoms with Gasteiger partial charge in [-0.15, -0.1) is 0 Å². The minimum absolute atomic E-state index is 0.556. The van der Waals surface area contributed by atoms with Crippen LogP contribution in [0.15, 0.2) is 23.8 Å². The summed E-state index contributed by atoms with van der Waals surface area (Å²) >= 11 is 0. The van der Waals surface area contributed by atoms with E-state index in [-0.39, 0.29) is 0 Å². The number of unbranched alkanes of at least 4 members (excludes halogenated alkanes) is 4. The fourth-order valence-electron chi connectivity index (χ4n) is 1.22. The van der Waals surface area contributed by atoms with Crippen LogP contribution in [-0.2, 0) is 4.79 Å². The van der Waals surface area contributed by atoms with Crippen LogP contribution in [0.4, 0.5) is 0 Å². The fourth-order valence-corrected chi connectivity index (χ4v) is 1.22. The number of rotatable bonds is 8. The average Bonchev–Trinajstić information content (AvgIpc) is 2.17. The second kappa shape index (κ2) is 10.2. The largest absolute Gasteiger partial charge is 0.303 e.